The van der Waals surface area contributed by atoms with Gasteiger partial charge in [-0.15, -0.1) is 0 Å². The molecule has 0 radical (unpaired) electrons. The van der Waals surface area contributed by atoms with Crippen molar-refractivity contribution in [2.45, 2.75) is 44.8 Å². The first-order chi connectivity index (χ1) is 8.71. The molecule has 0 saturated carbocycles. The lowest BCUT2D eigenvalue weighted by atomic mass is 9.96. The summed E-state index contributed by atoms with van der Waals surface area (Å²) < 4.78 is 14.8. The van der Waals surface area contributed by atoms with E-state index in [2.05, 4.69) is 15.9 Å². The van der Waals surface area contributed by atoms with E-state index in [1.807, 2.05) is 20.8 Å². The summed E-state index contributed by atoms with van der Waals surface area (Å²) >= 11 is 3.23. The lowest BCUT2D eigenvalue weighted by Crippen LogP contribution is -2.45. The Labute approximate surface area is 121 Å². The monoisotopic (exact) mass is 328 g/mol. The van der Waals surface area contributed by atoms with Gasteiger partial charge in [-0.2, -0.15) is 0 Å². The van der Waals surface area contributed by atoms with Gasteiger partial charge in [0.25, 0.3) is 0 Å². The molecule has 0 bridgehead atoms. The molecule has 0 spiro atoms. The Morgan fingerprint density at radius 1 is 1.42 bits per heavy atom. The Bertz CT molecular complexity index is 513. The van der Waals surface area contributed by atoms with E-state index >= 15 is 0 Å². The van der Waals surface area contributed by atoms with Gasteiger partial charge in [0, 0.05) is 28.0 Å². The maximum absolute atomic E-state index is 14.1. The highest BCUT2D eigenvalue weighted by Crippen LogP contribution is 2.38. The fourth-order valence-corrected chi connectivity index (χ4v) is 2.99. The molecule has 0 aromatic heterocycles. The van der Waals surface area contributed by atoms with Gasteiger partial charge in [0.2, 0.25) is 5.91 Å². The summed E-state index contributed by atoms with van der Waals surface area (Å²) in [4.78, 5) is 13.8. The zero-order chi connectivity index (χ0) is 14.4. The number of nitrogens with two attached hydrogens (primary N) is 1. The SMILES string of the molecule is CC(C)(C)N1C(=O)CC(N)C1c1ccc(Br)cc1F. The lowest BCUT2D eigenvalue weighted by molar-refractivity contribution is -0.133. The summed E-state index contributed by atoms with van der Waals surface area (Å²) in [5.74, 6) is -0.355. The largest absolute Gasteiger partial charge is 0.329 e. The molecule has 2 rings (SSSR count). The van der Waals surface area contributed by atoms with Crippen LogP contribution in [-0.4, -0.2) is 22.4 Å². The Kier molecular flexibility index (Phi) is 3.71. The molecule has 2 unspecified atom stereocenters. The molecule has 19 heavy (non-hydrogen) atoms. The minimum Gasteiger partial charge on any atom is -0.329 e. The molecular weight excluding hydrogens is 311 g/mol. The van der Waals surface area contributed by atoms with Crippen LogP contribution in [0.3, 0.4) is 0 Å². The molecule has 1 aliphatic heterocycles. The Morgan fingerprint density at radius 2 is 2.05 bits per heavy atom. The molecular formula is C14H18BrFN2O. The van der Waals surface area contributed by atoms with Crippen LogP contribution >= 0.6 is 15.9 Å². The fraction of sp³-hybridized carbons (Fsp3) is 0.500. The number of benzene rings is 1. The van der Waals surface area contributed by atoms with Crippen LogP contribution in [0.4, 0.5) is 4.39 Å². The topological polar surface area (TPSA) is 46.3 Å². The summed E-state index contributed by atoms with van der Waals surface area (Å²) in [6.45, 7) is 5.81. The predicted octanol–water partition coefficient (Wildman–Crippen LogP) is 2.99. The van der Waals surface area contributed by atoms with Crippen LogP contribution < -0.4 is 5.73 Å². The number of halogens is 2. The van der Waals surface area contributed by atoms with Crippen molar-refractivity contribution in [3.05, 3.63) is 34.1 Å². The van der Waals surface area contributed by atoms with Crippen LogP contribution in [0.2, 0.25) is 0 Å². The summed E-state index contributed by atoms with van der Waals surface area (Å²) in [5, 5.41) is 0. The molecule has 0 aliphatic carbocycles. The molecule has 2 atom stereocenters. The smallest absolute Gasteiger partial charge is 0.225 e. The van der Waals surface area contributed by atoms with Crippen LogP contribution in [-0.2, 0) is 4.79 Å². The molecule has 1 aromatic rings. The third-order valence-corrected chi connectivity index (χ3v) is 3.86. The second-order valence-corrected chi connectivity index (χ2v) is 6.83. The van der Waals surface area contributed by atoms with Crippen molar-refractivity contribution in [1.29, 1.82) is 0 Å². The number of nitrogens with zero attached hydrogens (tertiary/aromatic N) is 1. The van der Waals surface area contributed by atoms with Crippen molar-refractivity contribution >= 4 is 21.8 Å². The minimum atomic E-state index is -0.402. The molecule has 2 N–H and O–H groups in total. The highest BCUT2D eigenvalue weighted by molar-refractivity contribution is 9.10. The van der Waals surface area contributed by atoms with Gasteiger partial charge in [0.05, 0.1) is 6.04 Å². The quantitative estimate of drug-likeness (QED) is 0.861. The van der Waals surface area contributed by atoms with E-state index < -0.39 is 6.04 Å². The van der Waals surface area contributed by atoms with Crippen LogP contribution in [0.1, 0.15) is 38.8 Å². The van der Waals surface area contributed by atoms with Gasteiger partial charge >= 0.3 is 0 Å². The first-order valence-electron chi connectivity index (χ1n) is 6.24. The first-order valence-corrected chi connectivity index (χ1v) is 7.04. The van der Waals surface area contributed by atoms with Crippen LogP contribution in [0.15, 0.2) is 22.7 Å². The van der Waals surface area contributed by atoms with E-state index in [0.29, 0.717) is 10.0 Å². The van der Waals surface area contributed by atoms with E-state index in [4.69, 9.17) is 5.73 Å². The normalized spacial score (nSPS) is 24.1. The minimum absolute atomic E-state index is 0.0210. The van der Waals surface area contributed by atoms with Crippen molar-refractivity contribution in [2.75, 3.05) is 0 Å². The van der Waals surface area contributed by atoms with Gasteiger partial charge in [0.15, 0.2) is 0 Å². The Hall–Kier alpha value is -0.940. The molecule has 5 heteroatoms. The zero-order valence-electron chi connectivity index (χ0n) is 11.3. The third-order valence-electron chi connectivity index (χ3n) is 3.37. The second-order valence-electron chi connectivity index (χ2n) is 5.91. The van der Waals surface area contributed by atoms with E-state index in [0.717, 1.165) is 0 Å². The predicted molar refractivity (Wildman–Crippen MR) is 76.0 cm³/mol. The van der Waals surface area contributed by atoms with Crippen molar-refractivity contribution in [1.82, 2.24) is 4.90 Å². The third kappa shape index (κ3) is 2.67. The number of rotatable bonds is 1. The highest BCUT2D eigenvalue weighted by atomic mass is 79.9. The van der Waals surface area contributed by atoms with E-state index in [1.54, 1.807) is 17.0 Å². The molecule has 1 aliphatic rings. The number of amides is 1. The van der Waals surface area contributed by atoms with Gasteiger partial charge in [-0.25, -0.2) is 4.39 Å². The van der Waals surface area contributed by atoms with Crippen molar-refractivity contribution < 1.29 is 9.18 Å². The maximum Gasteiger partial charge on any atom is 0.225 e. The van der Waals surface area contributed by atoms with Crippen molar-refractivity contribution in [3.8, 4) is 0 Å². The number of likely N-dealkylation sites (tertiary alicyclic amines) is 1. The highest BCUT2D eigenvalue weighted by Gasteiger charge is 2.44. The van der Waals surface area contributed by atoms with E-state index in [-0.39, 0.29) is 29.7 Å². The molecule has 3 nitrogen and oxygen atoms in total. The fourth-order valence-electron chi connectivity index (χ4n) is 2.66. The van der Waals surface area contributed by atoms with Crippen LogP contribution in [0.25, 0.3) is 0 Å². The standard InChI is InChI=1S/C14H18BrFN2O/c1-14(2,3)18-12(19)7-11(17)13(18)9-5-4-8(15)6-10(9)16/h4-6,11,13H,7,17H2,1-3H3. The maximum atomic E-state index is 14.1. The van der Waals surface area contributed by atoms with Crippen molar-refractivity contribution in [2.24, 2.45) is 5.73 Å². The summed E-state index contributed by atoms with van der Waals surface area (Å²) in [7, 11) is 0. The number of hydrogen-bond acceptors (Lipinski definition) is 2. The number of hydrogen-bond donors (Lipinski definition) is 1. The van der Waals surface area contributed by atoms with Gasteiger partial charge in [-0.3, -0.25) is 4.79 Å². The Balaban J connectivity index is 2.48. The Morgan fingerprint density at radius 3 is 2.58 bits per heavy atom. The van der Waals surface area contributed by atoms with Gasteiger partial charge in [-0.1, -0.05) is 22.0 Å². The lowest BCUT2D eigenvalue weighted by Gasteiger charge is -2.38. The van der Waals surface area contributed by atoms with E-state index in [9.17, 15) is 9.18 Å². The van der Waals surface area contributed by atoms with Crippen LogP contribution in [0, 0.1) is 5.82 Å². The van der Waals surface area contributed by atoms with Gasteiger partial charge < -0.3 is 10.6 Å². The van der Waals surface area contributed by atoms with Gasteiger partial charge in [-0.05, 0) is 32.9 Å². The summed E-state index contributed by atoms with van der Waals surface area (Å²) in [6, 6.07) is 4.10. The molecule has 1 aromatic carbocycles. The molecule has 1 saturated heterocycles. The van der Waals surface area contributed by atoms with Gasteiger partial charge in [0.1, 0.15) is 5.82 Å². The average molecular weight is 329 g/mol. The average Bonchev–Trinajstić information content (AvgIpc) is 2.53. The molecule has 1 fully saturated rings. The van der Waals surface area contributed by atoms with E-state index in [1.165, 1.54) is 6.07 Å². The van der Waals surface area contributed by atoms with Crippen molar-refractivity contribution in [3.63, 3.8) is 0 Å². The second kappa shape index (κ2) is 4.87. The summed E-state index contributed by atoms with van der Waals surface area (Å²) in [5.41, 5.74) is 6.16. The molecule has 104 valence electrons. The number of carbonyl (C=O) groups is 1. The number of carbonyl (C=O) groups excluding carboxylic acids is 1. The summed E-state index contributed by atoms with van der Waals surface area (Å²) in [6.07, 6.45) is 0.261. The van der Waals surface area contributed by atoms with Crippen LogP contribution in [0.5, 0.6) is 0 Å². The zero-order valence-corrected chi connectivity index (χ0v) is 12.9. The molecule has 1 heterocycles. The molecule has 1 amide bonds. The first kappa shape index (κ1) is 14.5.